The van der Waals surface area contributed by atoms with Gasteiger partial charge in [0.25, 0.3) is 0 Å². The van der Waals surface area contributed by atoms with Gasteiger partial charge in [0.05, 0.1) is 0 Å². The Morgan fingerprint density at radius 3 is 1.67 bits per heavy atom. The summed E-state index contributed by atoms with van der Waals surface area (Å²) in [7, 11) is -0.553. The van der Waals surface area contributed by atoms with E-state index < -0.39 is 9.04 Å². The second-order valence-corrected chi connectivity index (χ2v) is 6.52. The van der Waals surface area contributed by atoms with E-state index in [-0.39, 0.29) is 0 Å². The van der Waals surface area contributed by atoms with Gasteiger partial charge in [-0.3, -0.25) is 0 Å². The van der Waals surface area contributed by atoms with E-state index in [0.29, 0.717) is 0 Å². The van der Waals surface area contributed by atoms with Crippen LogP contribution in [0.4, 0.5) is 0 Å². The lowest BCUT2D eigenvalue weighted by Gasteiger charge is -2.25. The van der Waals surface area contributed by atoms with Gasteiger partial charge in [0.15, 0.2) is 0 Å². The van der Waals surface area contributed by atoms with Crippen LogP contribution in [0.3, 0.4) is 0 Å². The van der Waals surface area contributed by atoms with Crippen LogP contribution in [0.15, 0.2) is 0 Å². The van der Waals surface area contributed by atoms with Crippen LogP contribution in [0.2, 0.25) is 11.1 Å². The van der Waals surface area contributed by atoms with Crippen molar-refractivity contribution in [2.45, 2.75) is 58.5 Å². The van der Waals surface area contributed by atoms with Gasteiger partial charge in [0, 0.05) is 6.61 Å². The summed E-state index contributed by atoms with van der Waals surface area (Å²) in [6, 6.07) is 0. The fourth-order valence-corrected chi connectivity index (χ4v) is 4.02. The van der Waals surface area contributed by atoms with E-state index in [2.05, 4.69) is 34.6 Å². The van der Waals surface area contributed by atoms with Crippen LogP contribution in [0, 0.1) is 0 Å². The molecule has 0 bridgehead atoms. The molecule has 0 aliphatic heterocycles. The molecule has 0 amide bonds. The molecule has 2 heteroatoms. The summed E-state index contributed by atoms with van der Waals surface area (Å²) in [5.74, 6) is 0. The summed E-state index contributed by atoms with van der Waals surface area (Å²) in [6.45, 7) is 12.2. The Kier molecular flexibility index (Phi) is 6.77. The van der Waals surface area contributed by atoms with Gasteiger partial charge in [-0.25, -0.2) is 0 Å². The molecule has 0 N–H and O–H groups in total. The van der Waals surface area contributed by atoms with Crippen LogP contribution in [0.25, 0.3) is 0 Å². The van der Waals surface area contributed by atoms with Crippen molar-refractivity contribution in [2.24, 2.45) is 0 Å². The largest absolute Gasteiger partial charge is 0.416 e. The third-order valence-electron chi connectivity index (χ3n) is 2.51. The third-order valence-corrected chi connectivity index (χ3v) is 5.89. The van der Waals surface area contributed by atoms with E-state index in [1.54, 1.807) is 0 Å². The van der Waals surface area contributed by atoms with E-state index in [9.17, 15) is 0 Å². The molecular weight excluding hydrogens is 164 g/mol. The van der Waals surface area contributed by atoms with Crippen LogP contribution in [-0.4, -0.2) is 15.6 Å². The average Bonchev–Trinajstić information content (AvgIpc) is 2.11. The Hall–Kier alpha value is 0.177. The molecule has 12 heavy (non-hydrogen) atoms. The molecule has 0 saturated carbocycles. The summed E-state index contributed by atoms with van der Waals surface area (Å²) < 4.78 is 5.85. The number of hydrogen-bond donors (Lipinski definition) is 0. The molecular formula is C10H23OSi. The standard InChI is InChI=1S/C10H23OSi/c1-6-9(4)12(11-8-3)10(5)7-2/h9-10H,6-8H2,1-5H3. The van der Waals surface area contributed by atoms with Crippen molar-refractivity contribution in [3.63, 3.8) is 0 Å². The predicted octanol–water partition coefficient (Wildman–Crippen LogP) is 3.61. The van der Waals surface area contributed by atoms with Crippen molar-refractivity contribution >= 4 is 9.04 Å². The molecule has 0 aromatic carbocycles. The van der Waals surface area contributed by atoms with Gasteiger partial charge < -0.3 is 4.43 Å². The highest BCUT2D eigenvalue weighted by atomic mass is 28.3. The molecule has 2 unspecified atom stereocenters. The van der Waals surface area contributed by atoms with Crippen LogP contribution < -0.4 is 0 Å². The highest BCUT2D eigenvalue weighted by molar-refractivity contribution is 6.55. The Morgan fingerprint density at radius 2 is 1.42 bits per heavy atom. The van der Waals surface area contributed by atoms with E-state index in [4.69, 9.17) is 4.43 Å². The molecule has 0 spiro atoms. The van der Waals surface area contributed by atoms with Crippen molar-refractivity contribution in [1.82, 2.24) is 0 Å². The second kappa shape index (κ2) is 6.67. The monoisotopic (exact) mass is 187 g/mol. The third kappa shape index (κ3) is 3.72. The van der Waals surface area contributed by atoms with Crippen molar-refractivity contribution in [3.05, 3.63) is 0 Å². The van der Waals surface area contributed by atoms with E-state index >= 15 is 0 Å². The van der Waals surface area contributed by atoms with Gasteiger partial charge in [-0.05, 0) is 18.0 Å². The molecule has 0 aromatic rings. The van der Waals surface area contributed by atoms with Gasteiger partial charge in [-0.15, -0.1) is 0 Å². The van der Waals surface area contributed by atoms with Crippen molar-refractivity contribution in [1.29, 1.82) is 0 Å². The zero-order chi connectivity index (χ0) is 9.56. The molecule has 0 aliphatic rings. The van der Waals surface area contributed by atoms with E-state index in [0.717, 1.165) is 17.7 Å². The first kappa shape index (κ1) is 12.2. The summed E-state index contributed by atoms with van der Waals surface area (Å²) in [5, 5.41) is 0. The lowest BCUT2D eigenvalue weighted by atomic mass is 10.4. The van der Waals surface area contributed by atoms with Crippen molar-refractivity contribution in [2.75, 3.05) is 6.61 Å². The smallest absolute Gasteiger partial charge is 0.217 e. The molecule has 73 valence electrons. The molecule has 0 fully saturated rings. The van der Waals surface area contributed by atoms with Gasteiger partial charge in [-0.2, -0.15) is 0 Å². The Balaban J connectivity index is 4.01. The normalized spacial score (nSPS) is 16.5. The summed E-state index contributed by atoms with van der Waals surface area (Å²) in [5.41, 5.74) is 1.59. The first-order valence-corrected chi connectivity index (χ1v) is 6.73. The molecule has 2 atom stereocenters. The predicted molar refractivity (Wildman–Crippen MR) is 56.8 cm³/mol. The minimum absolute atomic E-state index is 0.553. The van der Waals surface area contributed by atoms with Crippen LogP contribution in [0.1, 0.15) is 47.5 Å². The van der Waals surface area contributed by atoms with Gasteiger partial charge in [0.2, 0.25) is 9.04 Å². The highest BCUT2D eigenvalue weighted by Gasteiger charge is 2.25. The van der Waals surface area contributed by atoms with Crippen molar-refractivity contribution in [3.8, 4) is 0 Å². The molecule has 0 heterocycles. The summed E-state index contributed by atoms with van der Waals surface area (Å²) in [4.78, 5) is 0. The minimum atomic E-state index is -0.553. The maximum absolute atomic E-state index is 5.85. The van der Waals surface area contributed by atoms with Gasteiger partial charge >= 0.3 is 0 Å². The Morgan fingerprint density at radius 1 is 1.00 bits per heavy atom. The fourth-order valence-electron chi connectivity index (χ4n) is 1.34. The Labute approximate surface area is 79.2 Å². The van der Waals surface area contributed by atoms with Crippen molar-refractivity contribution < 1.29 is 4.43 Å². The zero-order valence-corrected chi connectivity index (χ0v) is 10.2. The average molecular weight is 187 g/mol. The molecule has 0 aliphatic carbocycles. The quantitative estimate of drug-likeness (QED) is 0.577. The molecule has 0 saturated heterocycles. The number of hydrogen-bond acceptors (Lipinski definition) is 1. The SMILES string of the molecule is CCO[Si](C(C)CC)C(C)CC. The van der Waals surface area contributed by atoms with Crippen LogP contribution >= 0.6 is 0 Å². The zero-order valence-electron chi connectivity index (χ0n) is 9.18. The maximum atomic E-state index is 5.85. The minimum Gasteiger partial charge on any atom is -0.416 e. The van der Waals surface area contributed by atoms with Gasteiger partial charge in [-0.1, -0.05) is 40.5 Å². The van der Waals surface area contributed by atoms with Crippen LogP contribution in [0.5, 0.6) is 0 Å². The topological polar surface area (TPSA) is 9.23 Å². The summed E-state index contributed by atoms with van der Waals surface area (Å²) in [6.07, 6.45) is 2.53. The Bertz CT molecular complexity index is 96.0. The lowest BCUT2D eigenvalue weighted by Crippen LogP contribution is -2.27. The number of rotatable bonds is 6. The van der Waals surface area contributed by atoms with Crippen LogP contribution in [-0.2, 0) is 4.43 Å². The van der Waals surface area contributed by atoms with E-state index in [1.165, 1.54) is 12.8 Å². The molecule has 1 nitrogen and oxygen atoms in total. The first-order valence-electron chi connectivity index (χ1n) is 5.16. The highest BCUT2D eigenvalue weighted by Crippen LogP contribution is 2.26. The van der Waals surface area contributed by atoms with Gasteiger partial charge in [0.1, 0.15) is 0 Å². The first-order chi connectivity index (χ1) is 5.67. The molecule has 0 aromatic heterocycles. The maximum Gasteiger partial charge on any atom is 0.217 e. The van der Waals surface area contributed by atoms with E-state index in [1.807, 2.05) is 0 Å². The summed E-state index contributed by atoms with van der Waals surface area (Å²) >= 11 is 0. The molecule has 1 radical (unpaired) electrons. The molecule has 0 rings (SSSR count). The fraction of sp³-hybridized carbons (Fsp3) is 1.00. The second-order valence-electron chi connectivity index (χ2n) is 3.45. The lowest BCUT2D eigenvalue weighted by molar-refractivity contribution is 0.324.